The molecule has 0 atom stereocenters. The van der Waals surface area contributed by atoms with E-state index in [9.17, 15) is 23.9 Å². The average Bonchev–Trinajstić information content (AvgIpc) is 2.74. The zero-order valence-corrected chi connectivity index (χ0v) is 18.1. The van der Waals surface area contributed by atoms with E-state index in [1.54, 1.807) is 6.07 Å². The van der Waals surface area contributed by atoms with Crippen LogP contribution in [0, 0.1) is 5.82 Å². The lowest BCUT2D eigenvalue weighted by Gasteiger charge is -2.36. The van der Waals surface area contributed by atoms with Crippen LogP contribution in [0.25, 0.3) is 0 Å². The number of amides is 2. The number of halogens is 1. The predicted molar refractivity (Wildman–Crippen MR) is 120 cm³/mol. The van der Waals surface area contributed by atoms with Crippen molar-refractivity contribution in [1.82, 2.24) is 10.2 Å². The molecule has 0 bridgehead atoms. The van der Waals surface area contributed by atoms with Gasteiger partial charge in [-0.3, -0.25) is 14.5 Å². The van der Waals surface area contributed by atoms with E-state index in [1.807, 2.05) is 18.7 Å². The summed E-state index contributed by atoms with van der Waals surface area (Å²) in [7, 11) is 0. The largest absolute Gasteiger partial charge is 0.478 e. The number of benzene rings is 2. The van der Waals surface area contributed by atoms with Gasteiger partial charge in [-0.25, -0.2) is 9.18 Å². The van der Waals surface area contributed by atoms with E-state index >= 15 is 0 Å². The number of carboxylic acid groups (broad SMARTS) is 1. The molecule has 1 fully saturated rings. The fourth-order valence-electron chi connectivity index (χ4n) is 3.56. The number of carbonyl (C=O) groups is 3. The minimum atomic E-state index is -1.10. The standard InChI is InChI=1S/C23H27FN4O4/c1-15(2)25-21(29)14-27-9-11-28(12-10-27)20-8-5-17(23(31)32)13-19(20)26-22(30)16-3-6-18(24)7-4-16/h3-8,13,15H,9-12,14H2,1-2H3,(H,25,29)(H,26,30)(H,31,32). The van der Waals surface area contributed by atoms with E-state index in [0.29, 0.717) is 44.1 Å². The van der Waals surface area contributed by atoms with Crippen molar-refractivity contribution in [1.29, 1.82) is 0 Å². The Bertz CT molecular complexity index is 986. The van der Waals surface area contributed by atoms with Gasteiger partial charge < -0.3 is 20.6 Å². The molecule has 3 N–H and O–H groups in total. The van der Waals surface area contributed by atoms with Gasteiger partial charge in [0.2, 0.25) is 5.91 Å². The number of aromatic carboxylic acids is 1. The van der Waals surface area contributed by atoms with Crippen LogP contribution in [0.3, 0.4) is 0 Å². The first-order chi connectivity index (χ1) is 15.2. The van der Waals surface area contributed by atoms with Gasteiger partial charge in [0.1, 0.15) is 5.82 Å². The SMILES string of the molecule is CC(C)NC(=O)CN1CCN(c2ccc(C(=O)O)cc2NC(=O)c2ccc(F)cc2)CC1. The minimum Gasteiger partial charge on any atom is -0.478 e. The number of hydrogen-bond acceptors (Lipinski definition) is 5. The van der Waals surface area contributed by atoms with Gasteiger partial charge in [0.15, 0.2) is 0 Å². The molecule has 1 heterocycles. The summed E-state index contributed by atoms with van der Waals surface area (Å²) < 4.78 is 13.2. The maximum absolute atomic E-state index is 13.2. The van der Waals surface area contributed by atoms with Crippen LogP contribution in [-0.2, 0) is 4.79 Å². The van der Waals surface area contributed by atoms with Crippen LogP contribution in [0.15, 0.2) is 42.5 Å². The fourth-order valence-corrected chi connectivity index (χ4v) is 3.56. The summed E-state index contributed by atoms with van der Waals surface area (Å²) in [6, 6.07) is 9.79. The molecule has 9 heteroatoms. The summed E-state index contributed by atoms with van der Waals surface area (Å²) in [6.45, 7) is 6.67. The summed E-state index contributed by atoms with van der Waals surface area (Å²) in [6.07, 6.45) is 0. The van der Waals surface area contributed by atoms with Crippen molar-refractivity contribution in [2.45, 2.75) is 19.9 Å². The first-order valence-electron chi connectivity index (χ1n) is 10.4. The minimum absolute atomic E-state index is 0.0217. The number of anilines is 2. The molecule has 0 spiro atoms. The summed E-state index contributed by atoms with van der Waals surface area (Å²) in [5.74, 6) is -2.03. The monoisotopic (exact) mass is 442 g/mol. The van der Waals surface area contributed by atoms with Gasteiger partial charge >= 0.3 is 5.97 Å². The summed E-state index contributed by atoms with van der Waals surface area (Å²) in [4.78, 5) is 40.2. The average molecular weight is 442 g/mol. The molecule has 2 aromatic rings. The number of nitrogens with zero attached hydrogens (tertiary/aromatic N) is 2. The highest BCUT2D eigenvalue weighted by atomic mass is 19.1. The topological polar surface area (TPSA) is 102 Å². The molecule has 3 rings (SSSR count). The smallest absolute Gasteiger partial charge is 0.335 e. The van der Waals surface area contributed by atoms with Crippen molar-refractivity contribution in [3.05, 3.63) is 59.4 Å². The number of piperazine rings is 1. The highest BCUT2D eigenvalue weighted by Crippen LogP contribution is 2.29. The molecule has 0 unspecified atom stereocenters. The van der Waals surface area contributed by atoms with Crippen LogP contribution < -0.4 is 15.5 Å². The van der Waals surface area contributed by atoms with Gasteiger partial charge in [0.05, 0.1) is 23.5 Å². The number of hydrogen-bond donors (Lipinski definition) is 3. The lowest BCUT2D eigenvalue weighted by molar-refractivity contribution is -0.122. The fraction of sp³-hybridized carbons (Fsp3) is 0.348. The summed E-state index contributed by atoms with van der Waals surface area (Å²) >= 11 is 0. The highest BCUT2D eigenvalue weighted by Gasteiger charge is 2.22. The van der Waals surface area contributed by atoms with E-state index in [2.05, 4.69) is 15.5 Å². The van der Waals surface area contributed by atoms with Crippen LogP contribution in [0.1, 0.15) is 34.6 Å². The molecule has 0 saturated carbocycles. The van der Waals surface area contributed by atoms with Crippen molar-refractivity contribution in [3.8, 4) is 0 Å². The van der Waals surface area contributed by atoms with Gasteiger partial charge in [0, 0.05) is 37.8 Å². The summed E-state index contributed by atoms with van der Waals surface area (Å²) in [5.41, 5.74) is 1.37. The Labute approximate surface area is 186 Å². The molecule has 0 aromatic heterocycles. The Kier molecular flexibility index (Phi) is 7.42. The Morgan fingerprint density at radius 2 is 1.62 bits per heavy atom. The van der Waals surface area contributed by atoms with Gasteiger partial charge in [0.25, 0.3) is 5.91 Å². The van der Waals surface area contributed by atoms with E-state index in [1.165, 1.54) is 36.4 Å². The molecule has 1 saturated heterocycles. The molecule has 1 aliphatic rings. The van der Waals surface area contributed by atoms with Crippen LogP contribution in [0.2, 0.25) is 0 Å². The molecular weight excluding hydrogens is 415 g/mol. The van der Waals surface area contributed by atoms with Crippen molar-refractivity contribution < 1.29 is 23.9 Å². The molecule has 2 amide bonds. The first kappa shape index (κ1) is 23.2. The van der Waals surface area contributed by atoms with Crippen molar-refractivity contribution in [2.24, 2.45) is 0 Å². The molecule has 8 nitrogen and oxygen atoms in total. The van der Waals surface area contributed by atoms with E-state index in [0.717, 1.165) is 0 Å². The normalized spacial score (nSPS) is 14.3. The Hall–Kier alpha value is -3.46. The number of nitrogens with one attached hydrogen (secondary N) is 2. The van der Waals surface area contributed by atoms with Crippen molar-refractivity contribution >= 4 is 29.2 Å². The Morgan fingerprint density at radius 3 is 2.22 bits per heavy atom. The van der Waals surface area contributed by atoms with Crippen LogP contribution >= 0.6 is 0 Å². The third-order valence-corrected chi connectivity index (χ3v) is 5.13. The maximum atomic E-state index is 13.2. The third-order valence-electron chi connectivity index (χ3n) is 5.13. The maximum Gasteiger partial charge on any atom is 0.335 e. The molecule has 0 aliphatic carbocycles. The molecule has 32 heavy (non-hydrogen) atoms. The van der Waals surface area contributed by atoms with Gasteiger partial charge in [-0.15, -0.1) is 0 Å². The van der Waals surface area contributed by atoms with Crippen molar-refractivity contribution in [2.75, 3.05) is 42.9 Å². The van der Waals surface area contributed by atoms with Crippen LogP contribution in [0.5, 0.6) is 0 Å². The lowest BCUT2D eigenvalue weighted by Crippen LogP contribution is -2.50. The lowest BCUT2D eigenvalue weighted by atomic mass is 10.1. The zero-order valence-electron chi connectivity index (χ0n) is 18.1. The zero-order chi connectivity index (χ0) is 23.3. The third kappa shape index (κ3) is 6.04. The quantitative estimate of drug-likeness (QED) is 0.609. The van der Waals surface area contributed by atoms with Gasteiger partial charge in [-0.1, -0.05) is 0 Å². The molecule has 1 aliphatic heterocycles. The second-order valence-corrected chi connectivity index (χ2v) is 7.98. The summed E-state index contributed by atoms with van der Waals surface area (Å²) in [5, 5.41) is 15.0. The molecule has 2 aromatic carbocycles. The number of carbonyl (C=O) groups excluding carboxylic acids is 2. The van der Waals surface area contributed by atoms with Crippen LogP contribution in [-0.4, -0.2) is 66.6 Å². The van der Waals surface area contributed by atoms with Crippen LogP contribution in [0.4, 0.5) is 15.8 Å². The van der Waals surface area contributed by atoms with Gasteiger partial charge in [-0.05, 0) is 56.3 Å². The Balaban J connectivity index is 1.74. The van der Waals surface area contributed by atoms with Gasteiger partial charge in [-0.2, -0.15) is 0 Å². The molecular formula is C23H27FN4O4. The molecule has 0 radical (unpaired) electrons. The van der Waals surface area contributed by atoms with E-state index in [-0.39, 0.29) is 23.1 Å². The number of carboxylic acids is 1. The number of rotatable bonds is 7. The second-order valence-electron chi connectivity index (χ2n) is 7.98. The highest BCUT2D eigenvalue weighted by molar-refractivity contribution is 6.06. The van der Waals surface area contributed by atoms with E-state index < -0.39 is 17.7 Å². The van der Waals surface area contributed by atoms with E-state index in [4.69, 9.17) is 0 Å². The second kappa shape index (κ2) is 10.2. The predicted octanol–water partition coefficient (Wildman–Crippen LogP) is 2.42. The molecule has 170 valence electrons. The van der Waals surface area contributed by atoms with Crippen molar-refractivity contribution in [3.63, 3.8) is 0 Å². The Morgan fingerprint density at radius 1 is 1.00 bits per heavy atom. The first-order valence-corrected chi connectivity index (χ1v) is 10.4.